The summed E-state index contributed by atoms with van der Waals surface area (Å²) >= 11 is 1.68. The SMILES string of the molecule is CC[C@H]1OC(=O)[C@H](C)[C@@H](O[C@@H]2C[C@@](C)(OC)[C@@H](O)[C@@H](C)O2)[C@H](C)[C@@H](O[C@@H]2O[C@H](C)C[C@H](N(C)CCCNC(=O)/C=C/c3cc4c(s3)-c3ccccc3Cc3ccccc3-4)[C@H]2O)[C@](C)(O)C[C@@H](C)CN(C)[C@H](C)[C@@H](O)[C@]1(C)O. The van der Waals surface area contributed by atoms with Gasteiger partial charge in [-0.3, -0.25) is 9.59 Å². The van der Waals surface area contributed by atoms with Crippen molar-refractivity contribution in [3.05, 3.63) is 76.7 Å². The Morgan fingerprint density at radius 3 is 2.26 bits per heavy atom. The second-order valence-electron chi connectivity index (χ2n) is 23.5. The molecular weight excluding hydrogens is 1000 g/mol. The number of benzene rings is 2. The van der Waals surface area contributed by atoms with Crippen LogP contribution in [-0.2, 0) is 44.4 Å². The number of carbonyl (C=O) groups is 2. The highest BCUT2D eigenvalue weighted by molar-refractivity contribution is 7.17. The van der Waals surface area contributed by atoms with Gasteiger partial charge in [0.05, 0.1) is 41.5 Å². The molecule has 17 heteroatoms. The van der Waals surface area contributed by atoms with Crippen molar-refractivity contribution < 1.29 is 63.5 Å². The van der Waals surface area contributed by atoms with E-state index >= 15 is 0 Å². The standard InChI is InChI=1S/C60H89N3O13S/c1-14-47-60(10,70)53(66)38(6)63(12)33-34(2)31-58(8,69)55(36(4)51(37(5)56(68)74-47)75-49-32-59(9,71-13)54(67)39(7)73-49)76-57-50(65)46(28-35(3)72-57)62(11)27-19-26-61-48(64)25-24-42-30-45-43-22-17-15-20-40(43)29-41-21-16-18-23-44(41)52(45)77-42/h15-18,20-25,30,34-39,46-47,49-51,53-55,57,65-67,69-70H,14,19,26-29,31-33H2,1-13H3,(H,61,64)/b25-24+/t34-,35-,36+,37-,38-,39-,46+,47-,49-,50-,51+,53-,54+,55-,57+,58-,59-,60-/m1/s1. The molecule has 1 amide bonds. The first-order valence-corrected chi connectivity index (χ1v) is 28.6. The Labute approximate surface area is 461 Å². The number of nitrogens with one attached hydrogen (secondary N) is 1. The van der Waals surface area contributed by atoms with Crippen LogP contribution in [0, 0.1) is 17.8 Å². The monoisotopic (exact) mass is 1090 g/mol. The van der Waals surface area contributed by atoms with E-state index in [1.165, 1.54) is 46.7 Å². The fourth-order valence-corrected chi connectivity index (χ4v) is 13.7. The maximum absolute atomic E-state index is 14.5. The summed E-state index contributed by atoms with van der Waals surface area (Å²) in [6, 6.07) is 18.2. The number of nitrogens with zero attached hydrogens (tertiary/aromatic N) is 2. The number of thiophene rings is 1. The molecule has 7 rings (SSSR count). The molecule has 18 atom stereocenters. The number of cyclic esters (lactones) is 1. The predicted molar refractivity (Wildman–Crippen MR) is 298 cm³/mol. The van der Waals surface area contributed by atoms with Gasteiger partial charge in [0.2, 0.25) is 5.91 Å². The van der Waals surface area contributed by atoms with Crippen LogP contribution in [0.2, 0.25) is 0 Å². The second kappa shape index (κ2) is 25.4. The van der Waals surface area contributed by atoms with Crippen molar-refractivity contribution in [3.8, 4) is 21.6 Å². The van der Waals surface area contributed by atoms with Crippen LogP contribution in [-0.4, -0.2) is 178 Å². The average molecular weight is 1090 g/mol. The van der Waals surface area contributed by atoms with Crippen molar-refractivity contribution in [2.24, 2.45) is 17.8 Å². The van der Waals surface area contributed by atoms with Gasteiger partial charge in [0.15, 0.2) is 12.6 Å². The summed E-state index contributed by atoms with van der Waals surface area (Å²) in [5.74, 6) is -3.00. The lowest BCUT2D eigenvalue weighted by Gasteiger charge is -2.49. The van der Waals surface area contributed by atoms with Crippen molar-refractivity contribution in [2.75, 3.05) is 40.8 Å². The average Bonchev–Trinajstić information content (AvgIpc) is 3.76. The molecule has 4 aliphatic rings. The fraction of sp³-hybridized carbons (Fsp3) is 0.667. The van der Waals surface area contributed by atoms with E-state index in [9.17, 15) is 35.1 Å². The molecule has 16 nitrogen and oxygen atoms in total. The van der Waals surface area contributed by atoms with Gasteiger partial charge in [-0.2, -0.15) is 0 Å². The Hall–Kier alpha value is -3.66. The van der Waals surface area contributed by atoms with Crippen molar-refractivity contribution in [1.29, 1.82) is 0 Å². The van der Waals surface area contributed by atoms with Gasteiger partial charge < -0.3 is 69.1 Å². The van der Waals surface area contributed by atoms with Crippen LogP contribution < -0.4 is 5.32 Å². The largest absolute Gasteiger partial charge is 0.459 e. The number of methoxy groups -OCH3 is 1. The number of esters is 1. The van der Waals surface area contributed by atoms with Gasteiger partial charge in [-0.15, -0.1) is 11.3 Å². The van der Waals surface area contributed by atoms with Gasteiger partial charge in [-0.25, -0.2) is 0 Å². The van der Waals surface area contributed by atoms with Gasteiger partial charge in [-0.05, 0) is 142 Å². The third-order valence-electron chi connectivity index (χ3n) is 17.2. The number of aliphatic hydroxyl groups excluding tert-OH is 3. The molecule has 1 aromatic heterocycles. The quantitative estimate of drug-likeness (QED) is 0.0463. The minimum atomic E-state index is -1.84. The molecule has 0 bridgehead atoms. The zero-order valence-electron chi connectivity index (χ0n) is 47.7. The lowest BCUT2D eigenvalue weighted by atomic mass is 9.77. The van der Waals surface area contributed by atoms with Crippen LogP contribution in [0.15, 0.2) is 60.7 Å². The molecule has 3 saturated heterocycles. The van der Waals surface area contributed by atoms with E-state index in [1.807, 2.05) is 50.7 Å². The summed E-state index contributed by atoms with van der Waals surface area (Å²) in [6.07, 6.45) is -4.21. The van der Waals surface area contributed by atoms with Crippen LogP contribution in [0.25, 0.3) is 27.6 Å². The topological polar surface area (TPSA) is 209 Å². The summed E-state index contributed by atoms with van der Waals surface area (Å²) in [7, 11) is 5.27. The van der Waals surface area contributed by atoms with E-state index in [2.05, 4.69) is 59.9 Å². The molecule has 0 unspecified atom stereocenters. The third kappa shape index (κ3) is 13.7. The number of likely N-dealkylation sites (N-methyl/N-ethyl adjacent to an activating group) is 2. The van der Waals surface area contributed by atoms with Crippen LogP contribution in [0.3, 0.4) is 0 Å². The molecule has 3 aromatic rings. The van der Waals surface area contributed by atoms with Gasteiger partial charge in [0.1, 0.15) is 30.0 Å². The van der Waals surface area contributed by atoms with Gasteiger partial charge in [-0.1, -0.05) is 69.3 Å². The molecule has 4 heterocycles. The van der Waals surface area contributed by atoms with Crippen molar-refractivity contribution in [3.63, 3.8) is 0 Å². The van der Waals surface area contributed by atoms with E-state index in [0.29, 0.717) is 32.5 Å². The number of rotatable bonds is 13. The van der Waals surface area contributed by atoms with Crippen LogP contribution in [0.4, 0.5) is 0 Å². The number of aliphatic hydroxyl groups is 5. The zero-order valence-corrected chi connectivity index (χ0v) is 48.5. The van der Waals surface area contributed by atoms with Gasteiger partial charge in [0.25, 0.3) is 0 Å². The maximum Gasteiger partial charge on any atom is 0.311 e. The summed E-state index contributed by atoms with van der Waals surface area (Å²) < 4.78 is 38.4. The first kappa shape index (κ1) is 61.0. The Morgan fingerprint density at radius 2 is 1.58 bits per heavy atom. The zero-order chi connectivity index (χ0) is 56.3. The van der Waals surface area contributed by atoms with Gasteiger partial charge in [0, 0.05) is 66.0 Å². The number of hydrogen-bond donors (Lipinski definition) is 6. The molecule has 0 saturated carbocycles. The second-order valence-corrected chi connectivity index (χ2v) is 24.6. The molecular formula is C60H89N3O13S. The molecule has 3 fully saturated rings. The maximum atomic E-state index is 14.5. The minimum absolute atomic E-state index is 0.0976. The minimum Gasteiger partial charge on any atom is -0.459 e. The Bertz CT molecular complexity index is 2420. The fourth-order valence-electron chi connectivity index (χ4n) is 12.5. The summed E-state index contributed by atoms with van der Waals surface area (Å²) in [5.41, 5.74) is 1.63. The van der Waals surface area contributed by atoms with E-state index < -0.39 is 102 Å². The molecule has 1 aliphatic carbocycles. The summed E-state index contributed by atoms with van der Waals surface area (Å²) in [5, 5.41) is 62.8. The number of hydrogen-bond acceptors (Lipinski definition) is 16. The molecule has 3 aliphatic heterocycles. The molecule has 0 spiro atoms. The van der Waals surface area contributed by atoms with Crippen LogP contribution in [0.5, 0.6) is 0 Å². The van der Waals surface area contributed by atoms with Crippen LogP contribution in [0.1, 0.15) is 117 Å². The molecule has 2 aromatic carbocycles. The Kier molecular flexibility index (Phi) is 20.1. The molecule has 77 heavy (non-hydrogen) atoms. The van der Waals surface area contributed by atoms with Crippen molar-refractivity contribution >= 4 is 29.3 Å². The van der Waals surface area contributed by atoms with Crippen molar-refractivity contribution in [1.82, 2.24) is 15.1 Å². The third-order valence-corrected chi connectivity index (χ3v) is 18.3. The van der Waals surface area contributed by atoms with E-state index in [1.54, 1.807) is 59.0 Å². The first-order chi connectivity index (χ1) is 36.3. The Balaban J connectivity index is 1.08. The highest BCUT2D eigenvalue weighted by Crippen LogP contribution is 2.46. The smallest absolute Gasteiger partial charge is 0.311 e. The highest BCUT2D eigenvalue weighted by atomic mass is 32.1. The molecule has 428 valence electrons. The van der Waals surface area contributed by atoms with Crippen LogP contribution >= 0.6 is 11.3 Å². The summed E-state index contributed by atoms with van der Waals surface area (Å²) in [4.78, 5) is 33.9. The normalized spacial score (nSPS) is 37.7. The van der Waals surface area contributed by atoms with E-state index in [4.69, 9.17) is 28.4 Å². The first-order valence-electron chi connectivity index (χ1n) is 27.8. The molecule has 0 radical (unpaired) electrons. The highest BCUT2D eigenvalue weighted by Gasteiger charge is 2.53. The van der Waals surface area contributed by atoms with E-state index in [-0.39, 0.29) is 37.2 Å². The Morgan fingerprint density at radius 1 is 0.922 bits per heavy atom. The molecule has 6 N–H and O–H groups in total. The lowest BCUT2D eigenvalue weighted by Crippen LogP contribution is -2.61. The van der Waals surface area contributed by atoms with Gasteiger partial charge >= 0.3 is 5.97 Å². The number of carbonyl (C=O) groups excluding carboxylic acids is 2. The predicted octanol–water partition coefficient (Wildman–Crippen LogP) is 6.79. The number of ether oxygens (including phenoxy) is 6. The number of fused-ring (bicyclic) bond motifs is 5. The van der Waals surface area contributed by atoms with E-state index in [0.717, 1.165) is 11.3 Å². The lowest BCUT2D eigenvalue weighted by molar-refractivity contribution is -0.318. The summed E-state index contributed by atoms with van der Waals surface area (Å²) in [6.45, 7) is 18.9. The van der Waals surface area contributed by atoms with Crippen molar-refractivity contribution in [2.45, 2.75) is 198 Å². The number of amides is 1.